The Labute approximate surface area is 139 Å². The standard InChI is InChI=1S/C23H24/c1-4-5-9-17(2)23-16-22-15-21(19-10-7-6-8-11-19)13-12-20(22)14-18(23)3/h6-16H,4-5H2,1-3H3/b17-9+. The second-order valence-corrected chi connectivity index (χ2v) is 6.27. The zero-order valence-electron chi connectivity index (χ0n) is 14.3. The first-order chi connectivity index (χ1) is 11.2. The number of benzene rings is 3. The van der Waals surface area contributed by atoms with Crippen LogP contribution in [0, 0.1) is 6.92 Å². The van der Waals surface area contributed by atoms with Crippen molar-refractivity contribution in [2.24, 2.45) is 0 Å². The van der Waals surface area contributed by atoms with Crippen molar-refractivity contribution < 1.29 is 0 Å². The number of fused-ring (bicyclic) bond motifs is 1. The molecule has 0 aliphatic rings. The van der Waals surface area contributed by atoms with Crippen molar-refractivity contribution in [1.29, 1.82) is 0 Å². The predicted octanol–water partition coefficient (Wildman–Crippen LogP) is 7.02. The molecule has 0 unspecified atom stereocenters. The van der Waals surface area contributed by atoms with Crippen molar-refractivity contribution >= 4 is 16.3 Å². The number of allylic oxidation sites excluding steroid dienone is 2. The molecule has 0 bridgehead atoms. The summed E-state index contributed by atoms with van der Waals surface area (Å²) in [6, 6.07) is 22.0. The lowest BCUT2D eigenvalue weighted by Crippen LogP contribution is -1.88. The third-order valence-corrected chi connectivity index (χ3v) is 4.45. The molecular weight excluding hydrogens is 276 g/mol. The van der Waals surface area contributed by atoms with Crippen molar-refractivity contribution in [3.8, 4) is 11.1 Å². The summed E-state index contributed by atoms with van der Waals surface area (Å²) in [5.41, 5.74) is 6.67. The lowest BCUT2D eigenvalue weighted by atomic mass is 9.94. The smallest absolute Gasteiger partial charge is 0.0172 e. The Bertz CT molecular complexity index is 839. The minimum absolute atomic E-state index is 1.15. The van der Waals surface area contributed by atoms with Crippen LogP contribution < -0.4 is 0 Å². The van der Waals surface area contributed by atoms with Crippen LogP contribution in [-0.4, -0.2) is 0 Å². The summed E-state index contributed by atoms with van der Waals surface area (Å²) in [6.07, 6.45) is 4.70. The number of unbranched alkanes of at least 4 members (excludes halogenated alkanes) is 1. The van der Waals surface area contributed by atoms with Crippen LogP contribution in [0.15, 0.2) is 66.7 Å². The van der Waals surface area contributed by atoms with Gasteiger partial charge in [-0.15, -0.1) is 0 Å². The molecule has 0 aromatic heterocycles. The van der Waals surface area contributed by atoms with Crippen molar-refractivity contribution in [2.45, 2.75) is 33.6 Å². The Kier molecular flexibility index (Phi) is 4.62. The number of hydrogen-bond acceptors (Lipinski definition) is 0. The normalized spacial score (nSPS) is 11.9. The van der Waals surface area contributed by atoms with Crippen LogP contribution in [0.25, 0.3) is 27.5 Å². The Hall–Kier alpha value is -2.34. The Morgan fingerprint density at radius 3 is 2.39 bits per heavy atom. The fourth-order valence-electron chi connectivity index (χ4n) is 3.12. The minimum atomic E-state index is 1.15. The molecule has 0 aliphatic heterocycles. The van der Waals surface area contributed by atoms with E-state index in [9.17, 15) is 0 Å². The average molecular weight is 300 g/mol. The van der Waals surface area contributed by atoms with Crippen LogP contribution in [0.1, 0.15) is 37.8 Å². The van der Waals surface area contributed by atoms with Gasteiger partial charge >= 0.3 is 0 Å². The Morgan fingerprint density at radius 1 is 0.870 bits per heavy atom. The van der Waals surface area contributed by atoms with E-state index in [1.807, 2.05) is 0 Å². The Morgan fingerprint density at radius 2 is 1.65 bits per heavy atom. The number of hydrogen-bond donors (Lipinski definition) is 0. The van der Waals surface area contributed by atoms with E-state index in [1.54, 1.807) is 0 Å². The fraction of sp³-hybridized carbons (Fsp3) is 0.217. The maximum absolute atomic E-state index is 2.36. The quantitative estimate of drug-likeness (QED) is 0.485. The topological polar surface area (TPSA) is 0 Å². The van der Waals surface area contributed by atoms with Gasteiger partial charge in [-0.1, -0.05) is 68.0 Å². The third-order valence-electron chi connectivity index (χ3n) is 4.45. The lowest BCUT2D eigenvalue weighted by Gasteiger charge is -2.11. The van der Waals surface area contributed by atoms with Gasteiger partial charge in [-0.3, -0.25) is 0 Å². The molecule has 0 heteroatoms. The average Bonchev–Trinajstić information content (AvgIpc) is 2.59. The molecule has 3 aromatic rings. The van der Waals surface area contributed by atoms with Gasteiger partial charge in [-0.25, -0.2) is 0 Å². The van der Waals surface area contributed by atoms with E-state index in [-0.39, 0.29) is 0 Å². The molecule has 0 nitrogen and oxygen atoms in total. The van der Waals surface area contributed by atoms with Gasteiger partial charge in [0.05, 0.1) is 0 Å². The monoisotopic (exact) mass is 300 g/mol. The molecule has 116 valence electrons. The maximum Gasteiger partial charge on any atom is -0.0172 e. The number of aryl methyl sites for hydroxylation is 1. The van der Waals surface area contributed by atoms with E-state index < -0.39 is 0 Å². The van der Waals surface area contributed by atoms with Crippen LogP contribution in [0.3, 0.4) is 0 Å². The van der Waals surface area contributed by atoms with Gasteiger partial charge in [0.25, 0.3) is 0 Å². The zero-order valence-corrected chi connectivity index (χ0v) is 14.3. The molecule has 0 amide bonds. The highest BCUT2D eigenvalue weighted by Crippen LogP contribution is 2.29. The highest BCUT2D eigenvalue weighted by molar-refractivity contribution is 5.91. The van der Waals surface area contributed by atoms with E-state index >= 15 is 0 Å². The first kappa shape index (κ1) is 15.6. The van der Waals surface area contributed by atoms with E-state index in [4.69, 9.17) is 0 Å². The fourth-order valence-corrected chi connectivity index (χ4v) is 3.12. The van der Waals surface area contributed by atoms with E-state index in [0.717, 1.165) is 6.42 Å². The summed E-state index contributed by atoms with van der Waals surface area (Å²) in [5, 5.41) is 2.63. The zero-order chi connectivity index (χ0) is 16.2. The second-order valence-electron chi connectivity index (χ2n) is 6.27. The summed E-state index contributed by atoms with van der Waals surface area (Å²) >= 11 is 0. The highest BCUT2D eigenvalue weighted by atomic mass is 14.1. The van der Waals surface area contributed by atoms with Gasteiger partial charge in [-0.05, 0) is 71.0 Å². The van der Waals surface area contributed by atoms with Crippen LogP contribution in [-0.2, 0) is 0 Å². The largest absolute Gasteiger partial charge is 0.0810 e. The van der Waals surface area contributed by atoms with E-state index in [0.29, 0.717) is 0 Å². The molecule has 23 heavy (non-hydrogen) atoms. The summed E-state index contributed by atoms with van der Waals surface area (Å²) in [6.45, 7) is 6.66. The summed E-state index contributed by atoms with van der Waals surface area (Å²) in [5.74, 6) is 0. The van der Waals surface area contributed by atoms with Crippen molar-refractivity contribution in [3.05, 3.63) is 77.9 Å². The summed E-state index contributed by atoms with van der Waals surface area (Å²) in [7, 11) is 0. The first-order valence-electron chi connectivity index (χ1n) is 8.46. The van der Waals surface area contributed by atoms with Crippen LogP contribution in [0.4, 0.5) is 0 Å². The van der Waals surface area contributed by atoms with Gasteiger partial charge in [0.1, 0.15) is 0 Å². The predicted molar refractivity (Wildman–Crippen MR) is 103 cm³/mol. The second kappa shape index (κ2) is 6.83. The molecule has 0 saturated carbocycles. The maximum atomic E-state index is 2.36. The van der Waals surface area contributed by atoms with E-state index in [1.165, 1.54) is 45.0 Å². The van der Waals surface area contributed by atoms with Crippen LogP contribution in [0.2, 0.25) is 0 Å². The molecule has 0 aliphatic carbocycles. The molecule has 0 heterocycles. The van der Waals surface area contributed by atoms with Crippen LogP contribution in [0.5, 0.6) is 0 Å². The summed E-state index contributed by atoms with van der Waals surface area (Å²) in [4.78, 5) is 0. The van der Waals surface area contributed by atoms with Crippen LogP contribution >= 0.6 is 0 Å². The molecule has 0 radical (unpaired) electrons. The van der Waals surface area contributed by atoms with Gasteiger partial charge in [0, 0.05) is 0 Å². The molecule has 0 saturated heterocycles. The molecular formula is C23H24. The van der Waals surface area contributed by atoms with Gasteiger partial charge in [0.2, 0.25) is 0 Å². The first-order valence-corrected chi connectivity index (χ1v) is 8.46. The van der Waals surface area contributed by atoms with Gasteiger partial charge in [0.15, 0.2) is 0 Å². The van der Waals surface area contributed by atoms with Crippen molar-refractivity contribution in [1.82, 2.24) is 0 Å². The molecule has 0 N–H and O–H groups in total. The van der Waals surface area contributed by atoms with E-state index in [2.05, 4.69) is 87.5 Å². The van der Waals surface area contributed by atoms with Gasteiger partial charge < -0.3 is 0 Å². The third kappa shape index (κ3) is 3.37. The molecule has 0 atom stereocenters. The molecule has 0 fully saturated rings. The minimum Gasteiger partial charge on any atom is -0.0810 e. The van der Waals surface area contributed by atoms with Crippen molar-refractivity contribution in [3.63, 3.8) is 0 Å². The SMILES string of the molecule is CCC/C=C(\C)c1cc2cc(-c3ccccc3)ccc2cc1C. The number of rotatable bonds is 4. The lowest BCUT2D eigenvalue weighted by molar-refractivity contribution is 0.959. The van der Waals surface area contributed by atoms with Gasteiger partial charge in [-0.2, -0.15) is 0 Å². The van der Waals surface area contributed by atoms with Crippen molar-refractivity contribution in [2.75, 3.05) is 0 Å². The molecule has 0 spiro atoms. The Balaban J connectivity index is 2.09. The summed E-state index contributed by atoms with van der Waals surface area (Å²) < 4.78 is 0. The highest BCUT2D eigenvalue weighted by Gasteiger charge is 2.05. The molecule has 3 aromatic carbocycles. The molecule has 3 rings (SSSR count).